The molecule has 5 heteroatoms. The van der Waals surface area contributed by atoms with Gasteiger partial charge in [-0.25, -0.2) is 8.78 Å². The fourth-order valence-electron chi connectivity index (χ4n) is 1.89. The Labute approximate surface area is 97.1 Å². The Morgan fingerprint density at radius 1 is 1.29 bits per heavy atom. The Morgan fingerprint density at radius 3 is 2.82 bits per heavy atom. The van der Waals surface area contributed by atoms with Crippen molar-refractivity contribution in [2.75, 3.05) is 0 Å². The van der Waals surface area contributed by atoms with Crippen LogP contribution in [0.1, 0.15) is 30.3 Å². The molecule has 1 aliphatic rings. The number of nitrogens with zero attached hydrogens (tertiary/aromatic N) is 3. The zero-order chi connectivity index (χ0) is 11.8. The van der Waals surface area contributed by atoms with Gasteiger partial charge < -0.3 is 4.57 Å². The van der Waals surface area contributed by atoms with E-state index in [9.17, 15) is 8.78 Å². The van der Waals surface area contributed by atoms with Crippen LogP contribution in [-0.4, -0.2) is 14.8 Å². The minimum atomic E-state index is -0.560. The molecule has 0 N–H and O–H groups in total. The second kappa shape index (κ2) is 3.91. The Hall–Kier alpha value is -1.78. The van der Waals surface area contributed by atoms with E-state index < -0.39 is 11.6 Å². The van der Waals surface area contributed by atoms with Gasteiger partial charge >= 0.3 is 0 Å². The van der Waals surface area contributed by atoms with E-state index in [-0.39, 0.29) is 0 Å². The molecule has 1 aromatic carbocycles. The SMILES string of the molecule is Fc1ccc(Cc2nncn2C2CC2)c(F)c1. The van der Waals surface area contributed by atoms with E-state index >= 15 is 0 Å². The number of benzene rings is 1. The van der Waals surface area contributed by atoms with Crippen LogP contribution in [0.2, 0.25) is 0 Å². The molecule has 1 saturated carbocycles. The van der Waals surface area contributed by atoms with Crippen molar-refractivity contribution in [2.45, 2.75) is 25.3 Å². The van der Waals surface area contributed by atoms with Crippen LogP contribution in [0.4, 0.5) is 8.78 Å². The van der Waals surface area contributed by atoms with Gasteiger partial charge in [0.2, 0.25) is 0 Å². The average molecular weight is 235 g/mol. The van der Waals surface area contributed by atoms with E-state index in [1.54, 1.807) is 6.33 Å². The van der Waals surface area contributed by atoms with Crippen LogP contribution in [0, 0.1) is 11.6 Å². The van der Waals surface area contributed by atoms with E-state index in [0.717, 1.165) is 24.7 Å². The molecule has 0 bridgehead atoms. The number of rotatable bonds is 3. The maximum absolute atomic E-state index is 13.5. The Balaban J connectivity index is 1.88. The molecular weight excluding hydrogens is 224 g/mol. The molecule has 0 saturated heterocycles. The van der Waals surface area contributed by atoms with Crippen LogP contribution in [0.5, 0.6) is 0 Å². The minimum Gasteiger partial charge on any atom is -0.314 e. The van der Waals surface area contributed by atoms with Crippen molar-refractivity contribution in [3.63, 3.8) is 0 Å². The van der Waals surface area contributed by atoms with Gasteiger partial charge in [-0.3, -0.25) is 0 Å². The van der Waals surface area contributed by atoms with Gasteiger partial charge in [0.25, 0.3) is 0 Å². The molecule has 1 heterocycles. The summed E-state index contributed by atoms with van der Waals surface area (Å²) in [5, 5.41) is 7.83. The van der Waals surface area contributed by atoms with Crippen LogP contribution in [0.3, 0.4) is 0 Å². The largest absolute Gasteiger partial charge is 0.314 e. The molecule has 2 aromatic rings. The summed E-state index contributed by atoms with van der Waals surface area (Å²) in [5.41, 5.74) is 0.446. The lowest BCUT2D eigenvalue weighted by Crippen LogP contribution is -2.03. The Morgan fingerprint density at radius 2 is 2.12 bits per heavy atom. The van der Waals surface area contributed by atoms with Crippen molar-refractivity contribution in [1.29, 1.82) is 0 Å². The molecule has 3 rings (SSSR count). The van der Waals surface area contributed by atoms with Crippen molar-refractivity contribution in [1.82, 2.24) is 14.8 Å². The molecule has 17 heavy (non-hydrogen) atoms. The maximum atomic E-state index is 13.5. The topological polar surface area (TPSA) is 30.7 Å². The highest BCUT2D eigenvalue weighted by molar-refractivity contribution is 5.22. The second-order valence-electron chi connectivity index (χ2n) is 4.30. The van der Waals surface area contributed by atoms with Crippen LogP contribution < -0.4 is 0 Å². The molecule has 0 unspecified atom stereocenters. The van der Waals surface area contributed by atoms with Gasteiger partial charge in [-0.2, -0.15) is 0 Å². The number of hydrogen-bond donors (Lipinski definition) is 0. The molecular formula is C12H11F2N3. The smallest absolute Gasteiger partial charge is 0.137 e. The third kappa shape index (κ3) is 2.05. The summed E-state index contributed by atoms with van der Waals surface area (Å²) in [7, 11) is 0. The van der Waals surface area contributed by atoms with Crippen LogP contribution in [-0.2, 0) is 6.42 Å². The monoisotopic (exact) mass is 235 g/mol. The molecule has 1 aromatic heterocycles. The number of hydrogen-bond acceptors (Lipinski definition) is 2. The van der Waals surface area contributed by atoms with E-state index in [0.29, 0.717) is 18.0 Å². The zero-order valence-corrected chi connectivity index (χ0v) is 9.11. The van der Waals surface area contributed by atoms with Gasteiger partial charge in [0, 0.05) is 18.5 Å². The van der Waals surface area contributed by atoms with E-state index in [2.05, 4.69) is 10.2 Å². The van der Waals surface area contributed by atoms with E-state index in [1.807, 2.05) is 4.57 Å². The van der Waals surface area contributed by atoms with Gasteiger partial charge in [-0.1, -0.05) is 6.07 Å². The molecule has 1 fully saturated rings. The van der Waals surface area contributed by atoms with E-state index in [4.69, 9.17) is 0 Å². The first-order chi connectivity index (χ1) is 8.24. The molecule has 0 radical (unpaired) electrons. The molecule has 1 aliphatic carbocycles. The summed E-state index contributed by atoms with van der Waals surface area (Å²) in [5.74, 6) is -0.358. The third-order valence-electron chi connectivity index (χ3n) is 2.95. The average Bonchev–Trinajstić information content (AvgIpc) is 3.03. The lowest BCUT2D eigenvalue weighted by atomic mass is 10.1. The van der Waals surface area contributed by atoms with Gasteiger partial charge in [0.15, 0.2) is 0 Å². The molecule has 88 valence electrons. The standard InChI is InChI=1S/C12H11F2N3/c13-9-2-1-8(11(14)6-9)5-12-16-15-7-17(12)10-3-4-10/h1-2,6-7,10H,3-5H2. The summed E-state index contributed by atoms with van der Waals surface area (Å²) >= 11 is 0. The highest BCUT2D eigenvalue weighted by Gasteiger charge is 2.26. The fraction of sp³-hybridized carbons (Fsp3) is 0.333. The lowest BCUT2D eigenvalue weighted by molar-refractivity contribution is 0.571. The van der Waals surface area contributed by atoms with Crippen molar-refractivity contribution < 1.29 is 8.78 Å². The highest BCUT2D eigenvalue weighted by Crippen LogP contribution is 2.35. The Kier molecular flexibility index (Phi) is 2.39. The molecule has 0 aliphatic heterocycles. The van der Waals surface area contributed by atoms with Gasteiger partial charge in [-0.15, -0.1) is 10.2 Å². The second-order valence-corrected chi connectivity index (χ2v) is 4.30. The molecule has 3 nitrogen and oxygen atoms in total. The first-order valence-corrected chi connectivity index (χ1v) is 5.56. The van der Waals surface area contributed by atoms with Gasteiger partial charge in [0.05, 0.1) is 0 Å². The summed E-state index contributed by atoms with van der Waals surface area (Å²) < 4.78 is 28.2. The van der Waals surface area contributed by atoms with Crippen molar-refractivity contribution in [3.05, 3.63) is 47.5 Å². The predicted octanol–water partition coefficient (Wildman–Crippen LogP) is 2.48. The summed E-state index contributed by atoms with van der Waals surface area (Å²) in [6.07, 6.45) is 4.27. The Bertz CT molecular complexity index is 546. The summed E-state index contributed by atoms with van der Waals surface area (Å²) in [4.78, 5) is 0. The first kappa shape index (κ1) is 10.4. The summed E-state index contributed by atoms with van der Waals surface area (Å²) in [6.45, 7) is 0. The fourth-order valence-corrected chi connectivity index (χ4v) is 1.89. The molecule has 0 atom stereocenters. The van der Waals surface area contributed by atoms with Crippen molar-refractivity contribution >= 4 is 0 Å². The van der Waals surface area contributed by atoms with Gasteiger partial charge in [0.1, 0.15) is 23.8 Å². The van der Waals surface area contributed by atoms with Crippen LogP contribution >= 0.6 is 0 Å². The summed E-state index contributed by atoms with van der Waals surface area (Å²) in [6, 6.07) is 4.07. The van der Waals surface area contributed by atoms with Crippen LogP contribution in [0.15, 0.2) is 24.5 Å². The van der Waals surface area contributed by atoms with Gasteiger partial charge in [-0.05, 0) is 24.5 Å². The van der Waals surface area contributed by atoms with Crippen LogP contribution in [0.25, 0.3) is 0 Å². The highest BCUT2D eigenvalue weighted by atomic mass is 19.1. The normalized spacial score (nSPS) is 15.2. The molecule has 0 spiro atoms. The van der Waals surface area contributed by atoms with Crippen molar-refractivity contribution in [3.8, 4) is 0 Å². The zero-order valence-electron chi connectivity index (χ0n) is 9.11. The number of halogens is 2. The predicted molar refractivity (Wildman–Crippen MR) is 57.5 cm³/mol. The number of aromatic nitrogens is 3. The quantitative estimate of drug-likeness (QED) is 0.818. The first-order valence-electron chi connectivity index (χ1n) is 5.56. The molecule has 0 amide bonds. The lowest BCUT2D eigenvalue weighted by Gasteiger charge is -2.05. The minimum absolute atomic E-state index is 0.350. The maximum Gasteiger partial charge on any atom is 0.137 e. The van der Waals surface area contributed by atoms with E-state index in [1.165, 1.54) is 12.1 Å². The third-order valence-corrected chi connectivity index (χ3v) is 2.95. The van der Waals surface area contributed by atoms with Crippen molar-refractivity contribution in [2.24, 2.45) is 0 Å².